The van der Waals surface area contributed by atoms with E-state index in [0.29, 0.717) is 25.2 Å². The second-order valence-corrected chi connectivity index (χ2v) is 4.60. The van der Waals surface area contributed by atoms with Crippen molar-refractivity contribution >= 4 is 11.6 Å². The molecule has 110 valence electrons. The van der Waals surface area contributed by atoms with Crippen LogP contribution in [0.2, 0.25) is 0 Å². The summed E-state index contributed by atoms with van der Waals surface area (Å²) in [6.07, 6.45) is 2.26. The summed E-state index contributed by atoms with van der Waals surface area (Å²) in [6.45, 7) is 1.28. The minimum atomic E-state index is -0.204. The van der Waals surface area contributed by atoms with E-state index in [2.05, 4.69) is 15.6 Å². The van der Waals surface area contributed by atoms with Gasteiger partial charge in [-0.25, -0.2) is 0 Å². The van der Waals surface area contributed by atoms with E-state index in [4.69, 9.17) is 5.11 Å². The van der Waals surface area contributed by atoms with E-state index in [9.17, 15) is 4.79 Å². The molecule has 5 nitrogen and oxygen atoms in total. The first-order valence-corrected chi connectivity index (χ1v) is 6.92. The molecule has 0 spiro atoms. The molecule has 3 N–H and O–H groups in total. The predicted molar refractivity (Wildman–Crippen MR) is 82.0 cm³/mol. The van der Waals surface area contributed by atoms with Crippen LogP contribution in [0, 0.1) is 0 Å². The van der Waals surface area contributed by atoms with Crippen LogP contribution in [-0.4, -0.2) is 29.1 Å². The molecule has 0 radical (unpaired) electrons. The fourth-order valence-electron chi connectivity index (χ4n) is 1.85. The third-order valence-corrected chi connectivity index (χ3v) is 2.95. The lowest BCUT2D eigenvalue weighted by atomic mass is 10.2. The Bertz CT molecular complexity index is 573. The number of aliphatic hydroxyl groups is 1. The molecule has 0 fully saturated rings. The minimum Gasteiger partial charge on any atom is -0.396 e. The van der Waals surface area contributed by atoms with Gasteiger partial charge in [-0.3, -0.25) is 9.78 Å². The van der Waals surface area contributed by atoms with Gasteiger partial charge in [0.1, 0.15) is 5.69 Å². The van der Waals surface area contributed by atoms with Gasteiger partial charge in [0.15, 0.2) is 0 Å². The number of pyridine rings is 1. The number of hydrogen-bond donors (Lipinski definition) is 3. The minimum absolute atomic E-state index is 0.141. The molecular weight excluding hydrogens is 266 g/mol. The Morgan fingerprint density at radius 3 is 2.76 bits per heavy atom. The Morgan fingerprint density at radius 2 is 2.00 bits per heavy atom. The monoisotopic (exact) mass is 285 g/mol. The van der Waals surface area contributed by atoms with Crippen molar-refractivity contribution in [2.75, 3.05) is 18.5 Å². The van der Waals surface area contributed by atoms with Gasteiger partial charge >= 0.3 is 0 Å². The zero-order valence-electron chi connectivity index (χ0n) is 11.7. The topological polar surface area (TPSA) is 74.2 Å². The third-order valence-electron chi connectivity index (χ3n) is 2.95. The number of benzene rings is 1. The number of anilines is 1. The number of nitrogens with zero attached hydrogens (tertiary/aromatic N) is 1. The van der Waals surface area contributed by atoms with E-state index in [1.54, 1.807) is 18.3 Å². The molecule has 1 heterocycles. The van der Waals surface area contributed by atoms with Gasteiger partial charge in [0.25, 0.3) is 5.91 Å². The molecule has 0 aliphatic rings. The highest BCUT2D eigenvalue weighted by Gasteiger charge is 2.07. The SMILES string of the molecule is O=C(NCc1ccccc1)c1cc(NCCCO)ccn1. The average Bonchev–Trinajstić information content (AvgIpc) is 2.54. The van der Waals surface area contributed by atoms with E-state index in [0.717, 1.165) is 11.3 Å². The van der Waals surface area contributed by atoms with Crippen LogP contribution in [0.15, 0.2) is 48.7 Å². The van der Waals surface area contributed by atoms with Crippen LogP contribution in [0.5, 0.6) is 0 Å². The largest absolute Gasteiger partial charge is 0.396 e. The van der Waals surface area contributed by atoms with Crippen molar-refractivity contribution in [3.05, 3.63) is 59.9 Å². The summed E-state index contributed by atoms with van der Waals surface area (Å²) in [5, 5.41) is 14.7. The zero-order chi connectivity index (χ0) is 14.9. The van der Waals surface area contributed by atoms with Crippen LogP contribution in [0.25, 0.3) is 0 Å². The van der Waals surface area contributed by atoms with Crippen LogP contribution in [0.3, 0.4) is 0 Å². The number of rotatable bonds is 7. The Kier molecular flexibility index (Phi) is 5.72. The van der Waals surface area contributed by atoms with Crippen molar-refractivity contribution in [2.45, 2.75) is 13.0 Å². The van der Waals surface area contributed by atoms with E-state index < -0.39 is 0 Å². The van der Waals surface area contributed by atoms with E-state index in [1.165, 1.54) is 0 Å². The first-order valence-electron chi connectivity index (χ1n) is 6.92. The van der Waals surface area contributed by atoms with Crippen molar-refractivity contribution in [3.63, 3.8) is 0 Å². The molecule has 0 saturated carbocycles. The maximum absolute atomic E-state index is 12.1. The fourth-order valence-corrected chi connectivity index (χ4v) is 1.85. The maximum atomic E-state index is 12.1. The molecule has 1 aromatic carbocycles. The smallest absolute Gasteiger partial charge is 0.270 e. The van der Waals surface area contributed by atoms with Crippen LogP contribution in [0.4, 0.5) is 5.69 Å². The lowest BCUT2D eigenvalue weighted by Crippen LogP contribution is -2.23. The van der Waals surface area contributed by atoms with Crippen molar-refractivity contribution in [2.24, 2.45) is 0 Å². The molecule has 5 heteroatoms. The summed E-state index contributed by atoms with van der Waals surface area (Å²) in [7, 11) is 0. The zero-order valence-corrected chi connectivity index (χ0v) is 11.7. The van der Waals surface area contributed by atoms with Crippen LogP contribution in [0.1, 0.15) is 22.5 Å². The average molecular weight is 285 g/mol. The Balaban J connectivity index is 1.91. The maximum Gasteiger partial charge on any atom is 0.270 e. The van der Waals surface area contributed by atoms with Crippen molar-refractivity contribution < 1.29 is 9.90 Å². The van der Waals surface area contributed by atoms with Gasteiger partial charge in [-0.1, -0.05) is 30.3 Å². The van der Waals surface area contributed by atoms with Crippen molar-refractivity contribution in [3.8, 4) is 0 Å². The molecule has 2 rings (SSSR count). The Hall–Kier alpha value is -2.40. The highest BCUT2D eigenvalue weighted by Crippen LogP contribution is 2.08. The summed E-state index contributed by atoms with van der Waals surface area (Å²) in [5.74, 6) is -0.204. The van der Waals surface area contributed by atoms with E-state index in [-0.39, 0.29) is 12.5 Å². The predicted octanol–water partition coefficient (Wildman–Crippen LogP) is 1.81. The van der Waals surface area contributed by atoms with E-state index >= 15 is 0 Å². The summed E-state index contributed by atoms with van der Waals surface area (Å²) in [4.78, 5) is 16.1. The number of hydrogen-bond acceptors (Lipinski definition) is 4. The highest BCUT2D eigenvalue weighted by molar-refractivity contribution is 5.93. The standard InChI is InChI=1S/C16H19N3O2/c20-10-4-8-17-14-7-9-18-15(11-14)16(21)19-12-13-5-2-1-3-6-13/h1-3,5-7,9,11,20H,4,8,10,12H2,(H,17,18)(H,19,21). The van der Waals surface area contributed by atoms with Gasteiger partial charge < -0.3 is 15.7 Å². The summed E-state index contributed by atoms with van der Waals surface area (Å²) < 4.78 is 0. The van der Waals surface area contributed by atoms with Gasteiger partial charge in [0.05, 0.1) is 0 Å². The third kappa shape index (κ3) is 4.89. The highest BCUT2D eigenvalue weighted by atomic mass is 16.3. The first-order chi connectivity index (χ1) is 10.3. The molecule has 1 amide bonds. The molecule has 0 unspecified atom stereocenters. The van der Waals surface area contributed by atoms with Gasteiger partial charge in [-0.2, -0.15) is 0 Å². The van der Waals surface area contributed by atoms with Crippen molar-refractivity contribution in [1.29, 1.82) is 0 Å². The molecule has 21 heavy (non-hydrogen) atoms. The summed E-state index contributed by atoms with van der Waals surface area (Å²) in [6, 6.07) is 13.2. The lowest BCUT2D eigenvalue weighted by Gasteiger charge is -2.08. The first kappa shape index (κ1) is 15.0. The summed E-state index contributed by atoms with van der Waals surface area (Å²) >= 11 is 0. The second kappa shape index (κ2) is 8.01. The molecule has 0 saturated heterocycles. The molecule has 0 aliphatic heterocycles. The molecule has 2 aromatic rings. The number of aliphatic hydroxyl groups excluding tert-OH is 1. The number of carbonyl (C=O) groups excluding carboxylic acids is 1. The van der Waals surface area contributed by atoms with Crippen LogP contribution < -0.4 is 10.6 Å². The summed E-state index contributed by atoms with van der Waals surface area (Å²) in [5.41, 5.74) is 2.24. The molecule has 0 atom stereocenters. The normalized spacial score (nSPS) is 10.1. The quantitative estimate of drug-likeness (QED) is 0.678. The van der Waals surface area contributed by atoms with Gasteiger partial charge in [-0.05, 0) is 24.1 Å². The fraction of sp³-hybridized carbons (Fsp3) is 0.250. The Morgan fingerprint density at radius 1 is 1.19 bits per heavy atom. The van der Waals surface area contributed by atoms with E-state index in [1.807, 2.05) is 30.3 Å². The number of nitrogens with one attached hydrogen (secondary N) is 2. The van der Waals surface area contributed by atoms with Crippen LogP contribution in [-0.2, 0) is 6.54 Å². The molecular formula is C16H19N3O2. The van der Waals surface area contributed by atoms with Gasteiger partial charge in [0.2, 0.25) is 0 Å². The molecule has 0 aliphatic carbocycles. The number of amides is 1. The van der Waals surface area contributed by atoms with Gasteiger partial charge in [-0.15, -0.1) is 0 Å². The van der Waals surface area contributed by atoms with Crippen molar-refractivity contribution in [1.82, 2.24) is 10.3 Å². The number of carbonyl (C=O) groups is 1. The number of aromatic nitrogens is 1. The van der Waals surface area contributed by atoms with Gasteiger partial charge in [0, 0.05) is 31.6 Å². The molecule has 1 aromatic heterocycles. The second-order valence-electron chi connectivity index (χ2n) is 4.60. The Labute approximate surface area is 124 Å². The molecule has 0 bridgehead atoms. The van der Waals surface area contributed by atoms with Crippen LogP contribution >= 0.6 is 0 Å². The lowest BCUT2D eigenvalue weighted by molar-refractivity contribution is 0.0946.